The number of aliphatic hydroxyl groups excluding tert-OH is 1. The first-order chi connectivity index (χ1) is 12.2. The van der Waals surface area contributed by atoms with Crippen LogP contribution in [0.4, 0.5) is 10.8 Å². The molecule has 0 spiro atoms. The van der Waals surface area contributed by atoms with E-state index in [0.29, 0.717) is 28.0 Å². The minimum atomic E-state index is -0.182. The first-order valence-electron chi connectivity index (χ1n) is 7.59. The van der Waals surface area contributed by atoms with Crippen molar-refractivity contribution in [2.24, 2.45) is 0 Å². The number of para-hydroxylation sites is 1. The van der Waals surface area contributed by atoms with Crippen LogP contribution in [-0.2, 0) is 13.0 Å². The van der Waals surface area contributed by atoms with Gasteiger partial charge in [-0.3, -0.25) is 10.1 Å². The van der Waals surface area contributed by atoms with Gasteiger partial charge in [0.2, 0.25) is 0 Å². The largest absolute Gasteiger partial charge is 0.396 e. The van der Waals surface area contributed by atoms with E-state index in [2.05, 4.69) is 15.6 Å². The molecule has 0 fully saturated rings. The summed E-state index contributed by atoms with van der Waals surface area (Å²) in [5, 5.41) is 18.0. The smallest absolute Gasteiger partial charge is 0.267 e. The maximum atomic E-state index is 12.3. The van der Waals surface area contributed by atoms with Gasteiger partial charge >= 0.3 is 0 Å². The average Bonchev–Trinajstić information content (AvgIpc) is 3.24. The lowest BCUT2D eigenvalue weighted by Gasteiger charge is -2.06. The summed E-state index contributed by atoms with van der Waals surface area (Å²) in [6, 6.07) is 11.3. The molecule has 0 aliphatic carbocycles. The zero-order valence-corrected chi connectivity index (χ0v) is 15.5. The molecule has 5 nitrogen and oxygen atoms in total. The summed E-state index contributed by atoms with van der Waals surface area (Å²) in [5.41, 5.74) is 1.64. The topological polar surface area (TPSA) is 74.2 Å². The molecule has 3 N–H and O–H groups in total. The number of thiophene rings is 1. The van der Waals surface area contributed by atoms with Crippen LogP contribution in [-0.4, -0.2) is 22.6 Å². The van der Waals surface area contributed by atoms with E-state index in [9.17, 15) is 4.79 Å². The van der Waals surface area contributed by atoms with E-state index >= 15 is 0 Å². The quantitative estimate of drug-likeness (QED) is 0.560. The highest BCUT2D eigenvalue weighted by Gasteiger charge is 2.12. The molecule has 2 heterocycles. The Morgan fingerprint density at radius 2 is 2.08 bits per heavy atom. The molecule has 0 atom stereocenters. The van der Waals surface area contributed by atoms with E-state index in [0.717, 1.165) is 16.3 Å². The van der Waals surface area contributed by atoms with Gasteiger partial charge in [0, 0.05) is 29.8 Å². The Hall–Kier alpha value is -1.93. The minimum absolute atomic E-state index is 0.0455. The number of nitrogens with zero attached hydrogens (tertiary/aromatic N) is 1. The third kappa shape index (κ3) is 4.79. The van der Waals surface area contributed by atoms with Crippen LogP contribution in [0.1, 0.15) is 20.2 Å². The third-order valence-corrected chi connectivity index (χ3v) is 5.57. The number of carbonyl (C=O) groups is 1. The van der Waals surface area contributed by atoms with E-state index in [1.165, 1.54) is 22.7 Å². The number of amides is 1. The fourth-order valence-corrected chi connectivity index (χ4v) is 3.92. The second-order valence-corrected chi connectivity index (χ2v) is 7.60. The Kier molecular flexibility index (Phi) is 6.04. The molecule has 8 heteroatoms. The van der Waals surface area contributed by atoms with Gasteiger partial charge in [-0.15, -0.1) is 22.7 Å². The number of halogens is 1. The molecule has 0 saturated carbocycles. The second kappa shape index (κ2) is 8.44. The summed E-state index contributed by atoms with van der Waals surface area (Å²) in [4.78, 5) is 18.2. The number of carbonyl (C=O) groups excluding carboxylic acids is 1. The van der Waals surface area contributed by atoms with Gasteiger partial charge in [-0.2, -0.15) is 0 Å². The molecule has 130 valence electrons. The van der Waals surface area contributed by atoms with Crippen molar-refractivity contribution >= 4 is 51.0 Å². The van der Waals surface area contributed by atoms with Crippen LogP contribution in [0.25, 0.3) is 0 Å². The van der Waals surface area contributed by atoms with Crippen LogP contribution < -0.4 is 10.6 Å². The fourth-order valence-electron chi connectivity index (χ4n) is 2.13. The first-order valence-corrected chi connectivity index (χ1v) is 9.67. The number of hydrogen-bond donors (Lipinski definition) is 3. The van der Waals surface area contributed by atoms with Crippen molar-refractivity contribution in [3.8, 4) is 0 Å². The number of benzene rings is 1. The van der Waals surface area contributed by atoms with E-state index in [4.69, 9.17) is 16.7 Å². The SMILES string of the molecule is O=C(Nc1nc(CCO)cs1)c1ccc(CNc2ccccc2Cl)s1. The van der Waals surface area contributed by atoms with Crippen molar-refractivity contribution in [2.75, 3.05) is 17.2 Å². The Morgan fingerprint density at radius 1 is 1.24 bits per heavy atom. The van der Waals surface area contributed by atoms with Crippen LogP contribution in [0.5, 0.6) is 0 Å². The molecule has 2 aromatic heterocycles. The zero-order chi connectivity index (χ0) is 17.6. The van der Waals surface area contributed by atoms with Crippen LogP contribution >= 0.6 is 34.3 Å². The highest BCUT2D eigenvalue weighted by atomic mass is 35.5. The van der Waals surface area contributed by atoms with Crippen molar-refractivity contribution in [3.05, 3.63) is 62.2 Å². The lowest BCUT2D eigenvalue weighted by Crippen LogP contribution is -2.10. The molecule has 0 aliphatic heterocycles. The van der Waals surface area contributed by atoms with Crippen molar-refractivity contribution in [2.45, 2.75) is 13.0 Å². The highest BCUT2D eigenvalue weighted by Crippen LogP contribution is 2.24. The summed E-state index contributed by atoms with van der Waals surface area (Å²) in [6.45, 7) is 0.642. The predicted octanol–water partition coefficient (Wildman–Crippen LogP) is 4.26. The number of nitrogens with one attached hydrogen (secondary N) is 2. The Balaban J connectivity index is 1.58. The lowest BCUT2D eigenvalue weighted by atomic mass is 10.3. The molecular formula is C17H16ClN3O2S2. The standard InChI is InChI=1S/C17H16ClN3O2S2/c18-13-3-1-2-4-14(13)19-9-12-5-6-15(25-12)16(23)21-17-20-11(7-8-22)10-24-17/h1-6,10,19,22H,7-9H2,(H,20,21,23). The molecular weight excluding hydrogens is 378 g/mol. The van der Waals surface area contributed by atoms with Gasteiger partial charge in [0.25, 0.3) is 5.91 Å². The van der Waals surface area contributed by atoms with Crippen molar-refractivity contribution in [3.63, 3.8) is 0 Å². The van der Waals surface area contributed by atoms with Gasteiger partial charge in [0.05, 0.1) is 21.3 Å². The predicted molar refractivity (Wildman–Crippen MR) is 104 cm³/mol. The number of anilines is 2. The average molecular weight is 394 g/mol. The monoisotopic (exact) mass is 393 g/mol. The number of hydrogen-bond acceptors (Lipinski definition) is 6. The number of aliphatic hydroxyl groups is 1. The molecule has 25 heavy (non-hydrogen) atoms. The summed E-state index contributed by atoms with van der Waals surface area (Å²) in [5.74, 6) is -0.182. The zero-order valence-electron chi connectivity index (χ0n) is 13.2. The summed E-state index contributed by atoms with van der Waals surface area (Å²) in [7, 11) is 0. The Morgan fingerprint density at radius 3 is 2.88 bits per heavy atom. The molecule has 1 amide bonds. The van der Waals surface area contributed by atoms with Crippen molar-refractivity contribution < 1.29 is 9.90 Å². The molecule has 0 unspecified atom stereocenters. The maximum absolute atomic E-state index is 12.3. The number of rotatable bonds is 7. The molecule has 0 aliphatic rings. The van der Waals surface area contributed by atoms with Gasteiger partial charge in [-0.25, -0.2) is 4.98 Å². The third-order valence-electron chi connectivity index (χ3n) is 3.35. The van der Waals surface area contributed by atoms with E-state index in [-0.39, 0.29) is 12.5 Å². The van der Waals surface area contributed by atoms with Gasteiger partial charge in [-0.1, -0.05) is 23.7 Å². The van der Waals surface area contributed by atoms with Crippen LogP contribution in [0.15, 0.2) is 41.8 Å². The maximum Gasteiger partial charge on any atom is 0.267 e. The molecule has 0 saturated heterocycles. The highest BCUT2D eigenvalue weighted by molar-refractivity contribution is 7.15. The molecule has 3 rings (SSSR count). The summed E-state index contributed by atoms with van der Waals surface area (Å²) in [6.07, 6.45) is 0.489. The molecule has 0 bridgehead atoms. The van der Waals surface area contributed by atoms with Crippen LogP contribution in [0, 0.1) is 0 Å². The van der Waals surface area contributed by atoms with Gasteiger partial charge in [0.15, 0.2) is 5.13 Å². The lowest BCUT2D eigenvalue weighted by molar-refractivity contribution is 0.103. The van der Waals surface area contributed by atoms with Crippen molar-refractivity contribution in [1.29, 1.82) is 0 Å². The van der Waals surface area contributed by atoms with Gasteiger partial charge < -0.3 is 10.4 Å². The molecule has 0 radical (unpaired) electrons. The van der Waals surface area contributed by atoms with E-state index in [1.54, 1.807) is 6.07 Å². The Labute approximate surface area is 158 Å². The summed E-state index contributed by atoms with van der Waals surface area (Å²) >= 11 is 8.89. The van der Waals surface area contributed by atoms with Gasteiger partial charge in [0.1, 0.15) is 0 Å². The number of thiazole rings is 1. The minimum Gasteiger partial charge on any atom is -0.396 e. The van der Waals surface area contributed by atoms with Gasteiger partial charge in [-0.05, 0) is 24.3 Å². The normalized spacial score (nSPS) is 10.6. The summed E-state index contributed by atoms with van der Waals surface area (Å²) < 4.78 is 0. The second-order valence-electron chi connectivity index (χ2n) is 5.17. The molecule has 3 aromatic rings. The number of aromatic nitrogens is 1. The fraction of sp³-hybridized carbons (Fsp3) is 0.176. The van der Waals surface area contributed by atoms with Crippen LogP contribution in [0.2, 0.25) is 5.02 Å². The van der Waals surface area contributed by atoms with Crippen molar-refractivity contribution in [1.82, 2.24) is 4.98 Å². The molecule has 1 aromatic carbocycles. The van der Waals surface area contributed by atoms with E-state index < -0.39 is 0 Å². The Bertz CT molecular complexity index is 863. The van der Waals surface area contributed by atoms with Crippen LogP contribution in [0.3, 0.4) is 0 Å². The first kappa shape index (κ1) is 17.9. The van der Waals surface area contributed by atoms with E-state index in [1.807, 2.05) is 35.7 Å².